The van der Waals surface area contributed by atoms with Crippen molar-refractivity contribution in [2.75, 3.05) is 18.9 Å². The largest absolute Gasteiger partial charge is 0.493 e. The van der Waals surface area contributed by atoms with Gasteiger partial charge in [0.1, 0.15) is 5.75 Å². The Morgan fingerprint density at radius 2 is 2.31 bits per heavy atom. The third-order valence-electron chi connectivity index (χ3n) is 2.03. The molecule has 1 rings (SSSR count). The van der Waals surface area contributed by atoms with Crippen LogP contribution in [0, 0.1) is 0 Å². The lowest BCUT2D eigenvalue weighted by Crippen LogP contribution is -2.25. The van der Waals surface area contributed by atoms with Gasteiger partial charge in [0.15, 0.2) is 0 Å². The summed E-state index contributed by atoms with van der Waals surface area (Å²) in [6.45, 7) is 3.11. The maximum Gasteiger partial charge on any atom is 0.223 e. The summed E-state index contributed by atoms with van der Waals surface area (Å²) in [4.78, 5) is 11.2. The van der Waals surface area contributed by atoms with Crippen LogP contribution < -0.4 is 15.8 Å². The zero-order chi connectivity index (χ0) is 11.8. The molecule has 16 heavy (non-hydrogen) atoms. The summed E-state index contributed by atoms with van der Waals surface area (Å²) in [5.41, 5.74) is 6.26. The van der Waals surface area contributed by atoms with E-state index in [0.29, 0.717) is 24.5 Å². The number of hydrogen-bond donors (Lipinski definition) is 2. The molecule has 0 fully saturated rings. The number of nitrogens with two attached hydrogens (primary N) is 1. The quantitative estimate of drug-likeness (QED) is 0.718. The molecule has 0 atom stereocenters. The molecule has 0 aromatic heterocycles. The van der Waals surface area contributed by atoms with Gasteiger partial charge in [-0.05, 0) is 18.6 Å². The van der Waals surface area contributed by atoms with Gasteiger partial charge in [0.2, 0.25) is 5.91 Å². The summed E-state index contributed by atoms with van der Waals surface area (Å²) < 4.78 is 5.40. The number of hydrogen-bond acceptors (Lipinski definition) is 3. The van der Waals surface area contributed by atoms with Gasteiger partial charge in [0.05, 0.1) is 13.0 Å². The van der Waals surface area contributed by atoms with Crippen molar-refractivity contribution in [2.45, 2.75) is 19.8 Å². The first-order valence-electron chi connectivity index (χ1n) is 5.47. The average Bonchev–Trinajstić information content (AvgIpc) is 2.26. The molecule has 4 nitrogen and oxygen atoms in total. The number of carbonyl (C=O) groups is 1. The average molecular weight is 222 g/mol. The first-order valence-corrected chi connectivity index (χ1v) is 5.47. The third kappa shape index (κ3) is 4.68. The minimum absolute atomic E-state index is 0.0192. The number of anilines is 1. The molecule has 0 aliphatic carbocycles. The molecule has 1 amide bonds. The number of carbonyl (C=O) groups excluding carboxylic acids is 1. The summed E-state index contributed by atoms with van der Waals surface area (Å²) in [6.07, 6.45) is 1.32. The Bertz CT molecular complexity index is 340. The lowest BCUT2D eigenvalue weighted by Gasteiger charge is -2.06. The highest BCUT2D eigenvalue weighted by molar-refractivity contribution is 5.75. The minimum Gasteiger partial charge on any atom is -0.493 e. The second-order valence-corrected chi connectivity index (χ2v) is 3.52. The molecule has 0 bridgehead atoms. The van der Waals surface area contributed by atoms with Crippen LogP contribution in [0.25, 0.3) is 0 Å². The molecular weight excluding hydrogens is 204 g/mol. The van der Waals surface area contributed by atoms with Crippen molar-refractivity contribution in [1.29, 1.82) is 0 Å². The molecular formula is C12H18N2O2. The van der Waals surface area contributed by atoms with Crippen molar-refractivity contribution in [2.24, 2.45) is 0 Å². The molecule has 0 saturated carbocycles. The van der Waals surface area contributed by atoms with E-state index in [1.165, 1.54) is 0 Å². The van der Waals surface area contributed by atoms with Gasteiger partial charge >= 0.3 is 0 Å². The predicted octanol–water partition coefficient (Wildman–Crippen LogP) is 1.56. The lowest BCUT2D eigenvalue weighted by molar-refractivity contribution is -0.121. The summed E-state index contributed by atoms with van der Waals surface area (Å²) in [5.74, 6) is 0.717. The fourth-order valence-corrected chi connectivity index (χ4v) is 1.22. The summed E-state index contributed by atoms with van der Waals surface area (Å²) >= 11 is 0. The van der Waals surface area contributed by atoms with Crippen molar-refractivity contribution >= 4 is 11.6 Å². The Kier molecular flexibility index (Phi) is 5.19. The number of nitrogen functional groups attached to an aromatic ring is 1. The number of amides is 1. The molecule has 0 radical (unpaired) electrons. The van der Waals surface area contributed by atoms with Gasteiger partial charge in [-0.1, -0.05) is 13.0 Å². The number of nitrogens with one attached hydrogen (secondary N) is 1. The second kappa shape index (κ2) is 6.71. The van der Waals surface area contributed by atoms with Crippen LogP contribution in [-0.4, -0.2) is 19.1 Å². The monoisotopic (exact) mass is 222 g/mol. The second-order valence-electron chi connectivity index (χ2n) is 3.52. The molecule has 1 aromatic rings. The molecule has 4 heteroatoms. The van der Waals surface area contributed by atoms with Gasteiger partial charge < -0.3 is 15.8 Å². The van der Waals surface area contributed by atoms with E-state index in [1.54, 1.807) is 12.1 Å². The molecule has 0 aliphatic heterocycles. The maximum atomic E-state index is 11.2. The topological polar surface area (TPSA) is 64.3 Å². The fourth-order valence-electron chi connectivity index (χ4n) is 1.22. The summed E-state index contributed by atoms with van der Waals surface area (Å²) in [6, 6.07) is 7.17. The van der Waals surface area contributed by atoms with Crippen LogP contribution >= 0.6 is 0 Å². The maximum absolute atomic E-state index is 11.2. The van der Waals surface area contributed by atoms with Gasteiger partial charge in [-0.15, -0.1) is 0 Å². The van der Waals surface area contributed by atoms with E-state index in [-0.39, 0.29) is 5.91 Å². The van der Waals surface area contributed by atoms with Crippen LogP contribution in [0.15, 0.2) is 24.3 Å². The van der Waals surface area contributed by atoms with E-state index in [0.717, 1.165) is 13.0 Å². The van der Waals surface area contributed by atoms with Gasteiger partial charge in [-0.2, -0.15) is 0 Å². The Morgan fingerprint density at radius 1 is 1.50 bits per heavy atom. The van der Waals surface area contributed by atoms with Crippen molar-refractivity contribution < 1.29 is 9.53 Å². The Hall–Kier alpha value is -1.71. The fraction of sp³-hybridized carbons (Fsp3) is 0.417. The molecule has 3 N–H and O–H groups in total. The normalized spacial score (nSPS) is 9.81. The Labute approximate surface area is 95.8 Å². The van der Waals surface area contributed by atoms with Crippen molar-refractivity contribution in [3.63, 3.8) is 0 Å². The van der Waals surface area contributed by atoms with Crippen LogP contribution in [-0.2, 0) is 4.79 Å². The van der Waals surface area contributed by atoms with E-state index in [1.807, 2.05) is 19.1 Å². The SMILES string of the molecule is CCCNC(=O)CCOc1cccc(N)c1. The van der Waals surface area contributed by atoms with Crippen molar-refractivity contribution in [3.05, 3.63) is 24.3 Å². The standard InChI is InChI=1S/C12H18N2O2/c1-2-7-14-12(15)6-8-16-11-5-3-4-10(13)9-11/h3-5,9H,2,6-8,13H2,1H3,(H,14,15). The highest BCUT2D eigenvalue weighted by Gasteiger charge is 2.00. The first-order chi connectivity index (χ1) is 7.72. The number of ether oxygens (including phenoxy) is 1. The van der Waals surface area contributed by atoms with E-state index >= 15 is 0 Å². The van der Waals surface area contributed by atoms with Crippen molar-refractivity contribution in [3.8, 4) is 5.75 Å². The third-order valence-corrected chi connectivity index (χ3v) is 2.03. The highest BCUT2D eigenvalue weighted by Crippen LogP contribution is 2.14. The van der Waals surface area contributed by atoms with Crippen LogP contribution in [0.4, 0.5) is 5.69 Å². The summed E-state index contributed by atoms with van der Waals surface area (Å²) in [7, 11) is 0. The van der Waals surface area contributed by atoms with Crippen LogP contribution in [0.2, 0.25) is 0 Å². The smallest absolute Gasteiger partial charge is 0.223 e. The molecule has 0 unspecified atom stereocenters. The summed E-state index contributed by atoms with van der Waals surface area (Å²) in [5, 5.41) is 2.79. The first kappa shape index (κ1) is 12.4. The Morgan fingerprint density at radius 3 is 3.00 bits per heavy atom. The van der Waals surface area contributed by atoms with Crippen molar-refractivity contribution in [1.82, 2.24) is 5.32 Å². The molecule has 0 spiro atoms. The van der Waals surface area contributed by atoms with Crippen LogP contribution in [0.3, 0.4) is 0 Å². The molecule has 0 saturated heterocycles. The van der Waals surface area contributed by atoms with Gasteiger partial charge in [0, 0.05) is 18.3 Å². The lowest BCUT2D eigenvalue weighted by atomic mass is 10.3. The van der Waals surface area contributed by atoms with Crippen LogP contribution in [0.5, 0.6) is 5.75 Å². The highest BCUT2D eigenvalue weighted by atomic mass is 16.5. The van der Waals surface area contributed by atoms with Gasteiger partial charge in [-0.25, -0.2) is 0 Å². The van der Waals surface area contributed by atoms with Gasteiger partial charge in [0.25, 0.3) is 0 Å². The zero-order valence-electron chi connectivity index (χ0n) is 9.53. The minimum atomic E-state index is 0.0192. The number of benzene rings is 1. The molecule has 0 heterocycles. The van der Waals surface area contributed by atoms with E-state index < -0.39 is 0 Å². The van der Waals surface area contributed by atoms with Gasteiger partial charge in [-0.3, -0.25) is 4.79 Å². The predicted molar refractivity (Wildman–Crippen MR) is 64.3 cm³/mol. The van der Waals surface area contributed by atoms with E-state index in [9.17, 15) is 4.79 Å². The molecule has 1 aromatic carbocycles. The van der Waals surface area contributed by atoms with E-state index in [2.05, 4.69) is 5.32 Å². The molecule has 0 aliphatic rings. The Balaban J connectivity index is 2.22. The molecule has 88 valence electrons. The zero-order valence-corrected chi connectivity index (χ0v) is 9.53. The van der Waals surface area contributed by atoms with E-state index in [4.69, 9.17) is 10.5 Å². The van der Waals surface area contributed by atoms with Crippen LogP contribution in [0.1, 0.15) is 19.8 Å². The number of rotatable bonds is 6.